The molecule has 3 nitrogen and oxygen atoms in total. The summed E-state index contributed by atoms with van der Waals surface area (Å²) in [5.41, 5.74) is 0. The van der Waals surface area contributed by atoms with E-state index in [2.05, 4.69) is 0 Å². The third-order valence-corrected chi connectivity index (χ3v) is 2.39. The van der Waals surface area contributed by atoms with Crippen LogP contribution in [0.3, 0.4) is 0 Å². The van der Waals surface area contributed by atoms with E-state index in [4.69, 9.17) is 9.84 Å². The molecule has 0 amide bonds. The average molecular weight is 212 g/mol. The van der Waals surface area contributed by atoms with Crippen LogP contribution in [-0.4, -0.2) is 23.9 Å². The number of ether oxygens (including phenoxy) is 1. The monoisotopic (exact) mass is 212 g/mol. The van der Waals surface area contributed by atoms with Gasteiger partial charge in [0.1, 0.15) is 5.75 Å². The number of carboxylic acid groups (broad SMARTS) is 1. The molecule has 0 heterocycles. The molecule has 1 aromatic carbocycles. The van der Waals surface area contributed by atoms with E-state index in [1.165, 1.54) is 0 Å². The van der Waals surface area contributed by atoms with E-state index < -0.39 is 5.97 Å². The quantitative estimate of drug-likeness (QED) is 0.760. The Kier molecular flexibility index (Phi) is 4.32. The summed E-state index contributed by atoms with van der Waals surface area (Å²) >= 11 is 1.66. The molecule has 0 aliphatic rings. The van der Waals surface area contributed by atoms with Crippen LogP contribution in [0.1, 0.15) is 6.42 Å². The van der Waals surface area contributed by atoms with Crippen LogP contribution in [0.15, 0.2) is 29.2 Å². The Morgan fingerprint density at radius 2 is 2.07 bits per heavy atom. The molecule has 1 N–H and O–H groups in total. The molecular formula is C10H12O3S. The van der Waals surface area contributed by atoms with Gasteiger partial charge in [0.15, 0.2) is 0 Å². The van der Waals surface area contributed by atoms with Crippen LogP contribution >= 0.6 is 11.8 Å². The second kappa shape index (κ2) is 5.54. The largest absolute Gasteiger partial charge is 0.493 e. The molecule has 0 aromatic heterocycles. The van der Waals surface area contributed by atoms with Gasteiger partial charge in [-0.15, -0.1) is 11.8 Å². The molecule has 76 valence electrons. The van der Waals surface area contributed by atoms with Crippen molar-refractivity contribution in [2.24, 2.45) is 0 Å². The first-order chi connectivity index (χ1) is 6.72. The predicted molar refractivity (Wildman–Crippen MR) is 56.0 cm³/mol. The lowest BCUT2D eigenvalue weighted by atomic mass is 10.3. The number of hydrogen-bond donors (Lipinski definition) is 1. The third kappa shape index (κ3) is 3.70. The SMILES string of the molecule is CSc1ccc(OCCC(=O)O)cc1. The Morgan fingerprint density at radius 1 is 1.43 bits per heavy atom. The molecule has 1 aromatic rings. The van der Waals surface area contributed by atoms with E-state index >= 15 is 0 Å². The minimum absolute atomic E-state index is 0.0320. The number of carbonyl (C=O) groups is 1. The van der Waals surface area contributed by atoms with Crippen molar-refractivity contribution >= 4 is 17.7 Å². The van der Waals surface area contributed by atoms with Crippen LogP contribution in [0.5, 0.6) is 5.75 Å². The maximum Gasteiger partial charge on any atom is 0.306 e. The lowest BCUT2D eigenvalue weighted by Crippen LogP contribution is -2.04. The fourth-order valence-corrected chi connectivity index (χ4v) is 1.34. The van der Waals surface area contributed by atoms with Gasteiger partial charge in [-0.3, -0.25) is 4.79 Å². The van der Waals surface area contributed by atoms with Gasteiger partial charge >= 0.3 is 5.97 Å². The fourth-order valence-electron chi connectivity index (χ4n) is 0.928. The zero-order valence-corrected chi connectivity index (χ0v) is 8.71. The second-order valence-electron chi connectivity index (χ2n) is 2.67. The molecule has 0 spiro atoms. The van der Waals surface area contributed by atoms with E-state index in [9.17, 15) is 4.79 Å². The predicted octanol–water partition coefficient (Wildman–Crippen LogP) is 2.26. The fraction of sp³-hybridized carbons (Fsp3) is 0.300. The molecule has 1 rings (SSSR count). The zero-order chi connectivity index (χ0) is 10.4. The summed E-state index contributed by atoms with van der Waals surface area (Å²) in [4.78, 5) is 11.4. The van der Waals surface area contributed by atoms with E-state index in [0.717, 1.165) is 4.90 Å². The van der Waals surface area contributed by atoms with Crippen LogP contribution in [0.25, 0.3) is 0 Å². The molecule has 0 atom stereocenters. The average Bonchev–Trinajstić information content (AvgIpc) is 2.18. The van der Waals surface area contributed by atoms with Gasteiger partial charge < -0.3 is 9.84 Å². The summed E-state index contributed by atoms with van der Waals surface area (Å²) < 4.78 is 5.23. The molecule has 0 aliphatic carbocycles. The molecule has 0 fully saturated rings. The van der Waals surface area contributed by atoms with Gasteiger partial charge in [0.25, 0.3) is 0 Å². The molecule has 14 heavy (non-hydrogen) atoms. The summed E-state index contributed by atoms with van der Waals surface area (Å²) in [6.07, 6.45) is 2.03. The maximum atomic E-state index is 10.2. The van der Waals surface area contributed by atoms with Crippen molar-refractivity contribution in [3.63, 3.8) is 0 Å². The van der Waals surface area contributed by atoms with Crippen molar-refractivity contribution in [2.75, 3.05) is 12.9 Å². The van der Waals surface area contributed by atoms with Crippen molar-refractivity contribution < 1.29 is 14.6 Å². The van der Waals surface area contributed by atoms with Gasteiger partial charge in [-0.25, -0.2) is 0 Å². The lowest BCUT2D eigenvalue weighted by molar-refractivity contribution is -0.137. The first-order valence-corrected chi connectivity index (χ1v) is 5.43. The van der Waals surface area contributed by atoms with E-state index in [1.807, 2.05) is 30.5 Å². The summed E-state index contributed by atoms with van der Waals surface area (Å²) in [6.45, 7) is 0.216. The first-order valence-electron chi connectivity index (χ1n) is 4.21. The summed E-state index contributed by atoms with van der Waals surface area (Å²) in [7, 11) is 0. The molecular weight excluding hydrogens is 200 g/mol. The number of aliphatic carboxylic acids is 1. The Morgan fingerprint density at radius 3 is 2.57 bits per heavy atom. The number of carboxylic acids is 1. The normalized spacial score (nSPS) is 9.79. The van der Waals surface area contributed by atoms with Gasteiger partial charge in [0.2, 0.25) is 0 Å². The number of thioether (sulfide) groups is 1. The molecule has 0 unspecified atom stereocenters. The number of benzene rings is 1. The molecule has 0 bridgehead atoms. The minimum atomic E-state index is -0.842. The Balaban J connectivity index is 2.40. The second-order valence-corrected chi connectivity index (χ2v) is 3.55. The molecule has 0 radical (unpaired) electrons. The Labute approximate surface area is 87.1 Å². The van der Waals surface area contributed by atoms with Crippen molar-refractivity contribution in [3.05, 3.63) is 24.3 Å². The molecule has 0 saturated carbocycles. The number of hydrogen-bond acceptors (Lipinski definition) is 3. The van der Waals surface area contributed by atoms with E-state index in [1.54, 1.807) is 11.8 Å². The van der Waals surface area contributed by atoms with Crippen molar-refractivity contribution in [1.29, 1.82) is 0 Å². The molecule has 0 aliphatic heterocycles. The van der Waals surface area contributed by atoms with Crippen molar-refractivity contribution in [1.82, 2.24) is 0 Å². The van der Waals surface area contributed by atoms with Crippen LogP contribution < -0.4 is 4.74 Å². The maximum absolute atomic E-state index is 10.2. The lowest BCUT2D eigenvalue weighted by Gasteiger charge is -2.04. The molecule has 4 heteroatoms. The Bertz CT molecular complexity index is 295. The van der Waals surface area contributed by atoms with Gasteiger partial charge in [-0.2, -0.15) is 0 Å². The van der Waals surface area contributed by atoms with Crippen molar-refractivity contribution in [2.45, 2.75) is 11.3 Å². The highest BCUT2D eigenvalue weighted by molar-refractivity contribution is 7.98. The third-order valence-electron chi connectivity index (χ3n) is 1.64. The zero-order valence-electron chi connectivity index (χ0n) is 7.90. The van der Waals surface area contributed by atoms with Crippen LogP contribution in [0.2, 0.25) is 0 Å². The summed E-state index contributed by atoms with van der Waals surface area (Å²) in [6, 6.07) is 7.57. The summed E-state index contributed by atoms with van der Waals surface area (Å²) in [5.74, 6) is -0.130. The van der Waals surface area contributed by atoms with Gasteiger partial charge in [0.05, 0.1) is 13.0 Å². The smallest absolute Gasteiger partial charge is 0.306 e. The minimum Gasteiger partial charge on any atom is -0.493 e. The topological polar surface area (TPSA) is 46.5 Å². The summed E-state index contributed by atoms with van der Waals surface area (Å²) in [5, 5.41) is 8.39. The highest BCUT2D eigenvalue weighted by atomic mass is 32.2. The van der Waals surface area contributed by atoms with Gasteiger partial charge in [0, 0.05) is 4.90 Å². The Hall–Kier alpha value is -1.16. The highest BCUT2D eigenvalue weighted by Crippen LogP contribution is 2.18. The number of rotatable bonds is 5. The van der Waals surface area contributed by atoms with E-state index in [0.29, 0.717) is 5.75 Å². The highest BCUT2D eigenvalue weighted by Gasteiger charge is 1.98. The first kappa shape index (κ1) is 10.9. The standard InChI is InChI=1S/C10H12O3S/c1-14-9-4-2-8(3-5-9)13-7-6-10(11)12/h2-5H,6-7H2,1H3,(H,11,12). The van der Waals surface area contributed by atoms with E-state index in [-0.39, 0.29) is 13.0 Å². The van der Waals surface area contributed by atoms with Crippen molar-refractivity contribution in [3.8, 4) is 5.75 Å². The van der Waals surface area contributed by atoms with Gasteiger partial charge in [-0.1, -0.05) is 0 Å². The van der Waals surface area contributed by atoms with Crippen LogP contribution in [0, 0.1) is 0 Å². The van der Waals surface area contributed by atoms with Gasteiger partial charge in [-0.05, 0) is 30.5 Å². The molecule has 0 saturated heterocycles. The van der Waals surface area contributed by atoms with Crippen LogP contribution in [0.4, 0.5) is 0 Å². The van der Waals surface area contributed by atoms with Crippen LogP contribution in [-0.2, 0) is 4.79 Å².